The number of halogens is 2. The van der Waals surface area contributed by atoms with Gasteiger partial charge >= 0.3 is 0 Å². The summed E-state index contributed by atoms with van der Waals surface area (Å²) in [6.07, 6.45) is 7.85. The van der Waals surface area contributed by atoms with Gasteiger partial charge in [-0.1, -0.05) is 24.4 Å². The highest BCUT2D eigenvalue weighted by Gasteiger charge is 2.42. The molecule has 0 aliphatic carbocycles. The number of unbranched alkanes of at least 4 members (excludes halogenated alkanes) is 1. The van der Waals surface area contributed by atoms with Crippen molar-refractivity contribution in [3.05, 3.63) is 11.2 Å². The van der Waals surface area contributed by atoms with Gasteiger partial charge in [-0.3, -0.25) is 20.7 Å². The quantitative estimate of drug-likeness (QED) is 0.432. The monoisotopic (exact) mass is 375 g/mol. The van der Waals surface area contributed by atoms with Crippen molar-refractivity contribution >= 4 is 29.2 Å². The molecular formula is C17H31Cl2N5. The molecule has 0 aromatic rings. The molecule has 0 bridgehead atoms. The SMILES string of the molecule is CN1C(C)(C)CC(CCCCN=C2C=C(Cl)NN(Cl)N2)CC1(C)C. The maximum atomic E-state index is 5.91. The molecule has 2 aliphatic heterocycles. The van der Waals surface area contributed by atoms with Gasteiger partial charge in [0, 0.05) is 35.5 Å². The Morgan fingerprint density at radius 3 is 2.38 bits per heavy atom. The van der Waals surface area contributed by atoms with Crippen LogP contribution in [0.1, 0.15) is 59.8 Å². The van der Waals surface area contributed by atoms with Gasteiger partial charge in [-0.05, 0) is 64.6 Å². The Labute approximate surface area is 156 Å². The third-order valence-corrected chi connectivity index (χ3v) is 5.74. The molecule has 1 saturated heterocycles. The van der Waals surface area contributed by atoms with Gasteiger partial charge in [0.25, 0.3) is 0 Å². The van der Waals surface area contributed by atoms with Gasteiger partial charge in [0.15, 0.2) is 0 Å². The zero-order valence-corrected chi connectivity index (χ0v) is 17.0. The molecule has 7 heteroatoms. The summed E-state index contributed by atoms with van der Waals surface area (Å²) in [5, 5.41) is 0.457. The molecule has 0 radical (unpaired) electrons. The van der Waals surface area contributed by atoms with Crippen LogP contribution in [0.4, 0.5) is 0 Å². The summed E-state index contributed by atoms with van der Waals surface area (Å²) >= 11 is 11.7. The second-order valence-corrected chi connectivity index (χ2v) is 8.96. The maximum Gasteiger partial charge on any atom is 0.141 e. The molecule has 0 saturated carbocycles. The van der Waals surface area contributed by atoms with E-state index < -0.39 is 0 Å². The highest BCUT2D eigenvalue weighted by molar-refractivity contribution is 6.31. The molecule has 0 aromatic carbocycles. The van der Waals surface area contributed by atoms with Crippen LogP contribution in [-0.4, -0.2) is 40.0 Å². The molecule has 2 aliphatic rings. The van der Waals surface area contributed by atoms with E-state index in [4.69, 9.17) is 23.4 Å². The fourth-order valence-electron chi connectivity index (χ4n) is 4.01. The number of nitrogens with zero attached hydrogens (tertiary/aromatic N) is 3. The molecule has 0 atom stereocenters. The average Bonchev–Trinajstić information content (AvgIpc) is 2.42. The lowest BCUT2D eigenvalue weighted by atomic mass is 9.72. The largest absolute Gasteiger partial charge is 0.296 e. The van der Waals surface area contributed by atoms with E-state index in [2.05, 4.69) is 55.5 Å². The standard InChI is InChI=1S/C17H31Cl2N5/c1-16(2)11-13(12-17(3,4)23(16)5)8-6-7-9-20-15-10-14(18)21-24(19)22-15/h10,13,21H,6-9,11-12H2,1-5H3,(H,20,22). The number of rotatable bonds is 5. The van der Waals surface area contributed by atoms with Gasteiger partial charge in [-0.15, -0.1) is 0 Å². The second-order valence-electron chi connectivity index (χ2n) is 8.22. The van der Waals surface area contributed by atoms with Crippen molar-refractivity contribution in [3.63, 3.8) is 0 Å². The third kappa shape index (κ3) is 5.25. The summed E-state index contributed by atoms with van der Waals surface area (Å²) in [6.45, 7) is 10.2. The van der Waals surface area contributed by atoms with Gasteiger partial charge < -0.3 is 0 Å². The molecule has 138 valence electrons. The Morgan fingerprint density at radius 1 is 1.17 bits per heavy atom. The Morgan fingerprint density at radius 2 is 1.79 bits per heavy atom. The second kappa shape index (κ2) is 7.81. The first-order valence-electron chi connectivity index (χ1n) is 8.75. The number of hydrogen-bond acceptors (Lipinski definition) is 4. The Kier molecular flexibility index (Phi) is 6.46. The number of hydrazine groups is 2. The molecule has 0 spiro atoms. The number of piperidine rings is 1. The van der Waals surface area contributed by atoms with E-state index in [0.29, 0.717) is 11.0 Å². The van der Waals surface area contributed by atoms with Crippen LogP contribution >= 0.6 is 23.4 Å². The minimum Gasteiger partial charge on any atom is -0.296 e. The van der Waals surface area contributed by atoms with Crippen molar-refractivity contribution in [1.82, 2.24) is 20.4 Å². The molecule has 0 aromatic heterocycles. The summed E-state index contributed by atoms with van der Waals surface area (Å²) in [5.41, 5.74) is 6.14. The Bertz CT molecular complexity index is 483. The number of amidine groups is 1. The van der Waals surface area contributed by atoms with Gasteiger partial charge in [0.05, 0.1) is 0 Å². The first kappa shape index (κ1) is 19.8. The van der Waals surface area contributed by atoms with E-state index in [1.807, 2.05) is 0 Å². The van der Waals surface area contributed by atoms with Gasteiger partial charge in [-0.2, -0.15) is 0 Å². The van der Waals surface area contributed by atoms with Crippen LogP contribution < -0.4 is 10.9 Å². The topological polar surface area (TPSA) is 42.9 Å². The van der Waals surface area contributed by atoms with Crippen LogP contribution in [0.15, 0.2) is 16.2 Å². The Hall–Kier alpha value is -0.490. The van der Waals surface area contributed by atoms with E-state index in [1.165, 1.54) is 30.3 Å². The average molecular weight is 376 g/mol. The molecule has 2 rings (SSSR count). The summed E-state index contributed by atoms with van der Waals surface area (Å²) < 4.78 is 1.18. The van der Waals surface area contributed by atoms with Crippen molar-refractivity contribution in [2.24, 2.45) is 10.9 Å². The number of aliphatic imine (C=N–C) groups is 1. The van der Waals surface area contributed by atoms with Crippen molar-refractivity contribution < 1.29 is 0 Å². The molecule has 2 N–H and O–H groups in total. The lowest BCUT2D eigenvalue weighted by Gasteiger charge is -2.54. The lowest BCUT2D eigenvalue weighted by molar-refractivity contribution is -0.0320. The maximum absolute atomic E-state index is 5.91. The van der Waals surface area contributed by atoms with Gasteiger partial charge in [0.1, 0.15) is 11.0 Å². The van der Waals surface area contributed by atoms with Gasteiger partial charge in [-0.25, -0.2) is 0 Å². The Balaban J connectivity index is 1.76. The summed E-state index contributed by atoms with van der Waals surface area (Å²) in [5.74, 6) is 1.49. The van der Waals surface area contributed by atoms with Crippen molar-refractivity contribution in [3.8, 4) is 0 Å². The molecule has 24 heavy (non-hydrogen) atoms. The predicted octanol–water partition coefficient (Wildman–Crippen LogP) is 4.01. The fraction of sp³-hybridized carbons (Fsp3) is 0.824. The van der Waals surface area contributed by atoms with E-state index in [0.717, 1.165) is 18.9 Å². The zero-order chi connectivity index (χ0) is 18.0. The third-order valence-electron chi connectivity index (χ3n) is 5.38. The molecular weight excluding hydrogens is 345 g/mol. The normalized spacial score (nSPS) is 26.8. The predicted molar refractivity (Wildman–Crippen MR) is 103 cm³/mol. The van der Waals surface area contributed by atoms with E-state index >= 15 is 0 Å². The minimum atomic E-state index is 0.275. The van der Waals surface area contributed by atoms with Crippen LogP contribution in [0.5, 0.6) is 0 Å². The summed E-state index contributed by atoms with van der Waals surface area (Å²) in [7, 11) is 2.26. The van der Waals surface area contributed by atoms with Crippen LogP contribution in [0.2, 0.25) is 0 Å². The first-order chi connectivity index (χ1) is 11.1. The van der Waals surface area contributed by atoms with Crippen LogP contribution in [0, 0.1) is 5.92 Å². The highest BCUT2D eigenvalue weighted by atomic mass is 35.5. The molecule has 5 nitrogen and oxygen atoms in total. The van der Waals surface area contributed by atoms with E-state index in [1.54, 1.807) is 6.08 Å². The zero-order valence-electron chi connectivity index (χ0n) is 15.5. The first-order valence-corrected chi connectivity index (χ1v) is 9.46. The number of hydrogen-bond donors (Lipinski definition) is 2. The van der Waals surface area contributed by atoms with Crippen molar-refractivity contribution in [2.45, 2.75) is 70.9 Å². The van der Waals surface area contributed by atoms with Crippen molar-refractivity contribution in [2.75, 3.05) is 13.6 Å². The van der Waals surface area contributed by atoms with Crippen molar-refractivity contribution in [1.29, 1.82) is 0 Å². The fourth-order valence-corrected chi connectivity index (χ4v) is 4.42. The van der Waals surface area contributed by atoms with Crippen LogP contribution in [0.25, 0.3) is 0 Å². The number of likely N-dealkylation sites (tertiary alicyclic amines) is 1. The molecule has 0 unspecified atom stereocenters. The smallest absolute Gasteiger partial charge is 0.141 e. The van der Waals surface area contributed by atoms with E-state index in [-0.39, 0.29) is 11.1 Å². The van der Waals surface area contributed by atoms with Crippen LogP contribution in [0.3, 0.4) is 0 Å². The van der Waals surface area contributed by atoms with E-state index in [9.17, 15) is 0 Å². The van der Waals surface area contributed by atoms with Gasteiger partial charge in [0.2, 0.25) is 0 Å². The lowest BCUT2D eigenvalue weighted by Crippen LogP contribution is -2.58. The summed E-state index contributed by atoms with van der Waals surface area (Å²) in [4.78, 5) is 7.05. The summed E-state index contributed by atoms with van der Waals surface area (Å²) in [6, 6.07) is 0. The molecule has 2 heterocycles. The highest BCUT2D eigenvalue weighted by Crippen LogP contribution is 2.41. The van der Waals surface area contributed by atoms with Crippen LogP contribution in [-0.2, 0) is 0 Å². The number of nitrogens with one attached hydrogen (secondary N) is 2. The minimum absolute atomic E-state index is 0.275. The molecule has 1 fully saturated rings. The molecule has 0 amide bonds.